The Morgan fingerprint density at radius 2 is 2.24 bits per heavy atom. The van der Waals surface area contributed by atoms with Gasteiger partial charge < -0.3 is 5.73 Å². The van der Waals surface area contributed by atoms with Crippen LogP contribution in [-0.2, 0) is 0 Å². The van der Waals surface area contributed by atoms with Crippen LogP contribution in [0.4, 0.5) is 0 Å². The zero-order chi connectivity index (χ0) is 11.8. The Hall–Kier alpha value is -1.75. The molecule has 0 amide bonds. The Morgan fingerprint density at radius 1 is 1.41 bits per heavy atom. The molecule has 0 saturated heterocycles. The molecule has 1 saturated carbocycles. The summed E-state index contributed by atoms with van der Waals surface area (Å²) in [4.78, 5) is 4.49. The van der Waals surface area contributed by atoms with Gasteiger partial charge in [0.15, 0.2) is 0 Å². The maximum absolute atomic E-state index is 5.66. The van der Waals surface area contributed by atoms with E-state index >= 15 is 0 Å². The number of hydrogen-bond acceptors (Lipinski definition) is 3. The van der Waals surface area contributed by atoms with Crippen molar-refractivity contribution in [1.82, 2.24) is 14.8 Å². The fourth-order valence-electron chi connectivity index (χ4n) is 1.84. The van der Waals surface area contributed by atoms with E-state index in [9.17, 15) is 0 Å². The fraction of sp³-hybridized carbons (Fsp3) is 0.250. The number of nitrogens with two attached hydrogens (primary N) is 1. The molecule has 3 rings (SSSR count). The Kier molecular flexibility index (Phi) is 2.40. The lowest BCUT2D eigenvalue weighted by molar-refractivity contribution is 0.831. The van der Waals surface area contributed by atoms with Gasteiger partial charge in [0.05, 0.1) is 11.4 Å². The van der Waals surface area contributed by atoms with Gasteiger partial charge in [-0.25, -0.2) is 4.68 Å². The van der Waals surface area contributed by atoms with Crippen molar-refractivity contribution in [2.45, 2.75) is 18.8 Å². The smallest absolute Gasteiger partial charge is 0.124 e. The van der Waals surface area contributed by atoms with Crippen LogP contribution in [0, 0.1) is 0 Å². The van der Waals surface area contributed by atoms with Crippen LogP contribution in [0.5, 0.6) is 0 Å². The molecule has 1 aliphatic rings. The lowest BCUT2D eigenvalue weighted by Gasteiger charge is -2.06. The number of hydrogen-bond donors (Lipinski definition) is 1. The standard InChI is InChI=1S/C12H12N4S/c13-12(17)11-10(2-1-6-14-11)16-7-5-9(15-16)8-3-4-8/h1-2,5-8H,3-4H2,(H2,13,17). The molecule has 17 heavy (non-hydrogen) atoms. The molecular formula is C12H12N4S. The zero-order valence-electron chi connectivity index (χ0n) is 9.21. The van der Waals surface area contributed by atoms with Gasteiger partial charge >= 0.3 is 0 Å². The van der Waals surface area contributed by atoms with Crippen LogP contribution in [0.3, 0.4) is 0 Å². The quantitative estimate of drug-likeness (QED) is 0.836. The summed E-state index contributed by atoms with van der Waals surface area (Å²) in [5, 5.41) is 4.55. The van der Waals surface area contributed by atoms with Gasteiger partial charge in [-0.2, -0.15) is 5.10 Å². The largest absolute Gasteiger partial charge is 0.388 e. The second-order valence-corrected chi connectivity index (χ2v) is 4.63. The summed E-state index contributed by atoms with van der Waals surface area (Å²) in [6.45, 7) is 0. The molecule has 86 valence electrons. The predicted octanol–water partition coefficient (Wildman–Crippen LogP) is 1.78. The lowest BCUT2D eigenvalue weighted by Crippen LogP contribution is -2.15. The number of pyridine rings is 1. The maximum Gasteiger partial charge on any atom is 0.124 e. The summed E-state index contributed by atoms with van der Waals surface area (Å²) >= 11 is 4.99. The normalized spacial score (nSPS) is 14.8. The first-order valence-electron chi connectivity index (χ1n) is 5.56. The summed E-state index contributed by atoms with van der Waals surface area (Å²) in [6, 6.07) is 5.83. The van der Waals surface area contributed by atoms with Crippen LogP contribution in [0.1, 0.15) is 30.1 Å². The minimum absolute atomic E-state index is 0.295. The second kappa shape index (κ2) is 3.92. The van der Waals surface area contributed by atoms with Gasteiger partial charge in [-0.15, -0.1) is 0 Å². The Morgan fingerprint density at radius 3 is 2.94 bits per heavy atom. The SMILES string of the molecule is NC(=S)c1ncccc1-n1ccc(C2CC2)n1. The van der Waals surface area contributed by atoms with E-state index in [2.05, 4.69) is 10.1 Å². The van der Waals surface area contributed by atoms with Crippen LogP contribution in [0.25, 0.3) is 5.69 Å². The average Bonchev–Trinajstić information content (AvgIpc) is 3.07. The molecule has 2 aromatic rings. The second-order valence-electron chi connectivity index (χ2n) is 4.19. The van der Waals surface area contributed by atoms with Crippen molar-refractivity contribution in [2.75, 3.05) is 0 Å². The van der Waals surface area contributed by atoms with Gasteiger partial charge in [0.1, 0.15) is 10.7 Å². The van der Waals surface area contributed by atoms with Gasteiger partial charge in [0.25, 0.3) is 0 Å². The minimum Gasteiger partial charge on any atom is -0.388 e. The predicted molar refractivity (Wildman–Crippen MR) is 69.2 cm³/mol. The van der Waals surface area contributed by atoms with E-state index < -0.39 is 0 Å². The zero-order valence-corrected chi connectivity index (χ0v) is 10.0. The lowest BCUT2D eigenvalue weighted by atomic mass is 10.3. The molecule has 0 spiro atoms. The molecule has 0 radical (unpaired) electrons. The van der Waals surface area contributed by atoms with Crippen LogP contribution in [0.2, 0.25) is 0 Å². The summed E-state index contributed by atoms with van der Waals surface area (Å²) < 4.78 is 1.80. The van der Waals surface area contributed by atoms with Crippen molar-refractivity contribution >= 4 is 17.2 Å². The summed E-state index contributed by atoms with van der Waals surface area (Å²) in [7, 11) is 0. The average molecular weight is 244 g/mol. The summed E-state index contributed by atoms with van der Waals surface area (Å²) in [5.41, 5.74) is 8.26. The molecule has 0 unspecified atom stereocenters. The number of aromatic nitrogens is 3. The van der Waals surface area contributed by atoms with E-state index in [1.54, 1.807) is 10.9 Å². The first kappa shape index (κ1) is 10.4. The molecule has 2 heterocycles. The highest BCUT2D eigenvalue weighted by Crippen LogP contribution is 2.39. The van der Waals surface area contributed by atoms with Crippen molar-refractivity contribution in [3.63, 3.8) is 0 Å². The van der Waals surface area contributed by atoms with Crippen LogP contribution < -0.4 is 5.73 Å². The van der Waals surface area contributed by atoms with Crippen molar-refractivity contribution < 1.29 is 0 Å². The Labute approximate surface area is 104 Å². The maximum atomic E-state index is 5.66. The summed E-state index contributed by atoms with van der Waals surface area (Å²) in [5.74, 6) is 0.640. The van der Waals surface area contributed by atoms with Crippen molar-refractivity contribution in [3.05, 3.63) is 42.0 Å². The van der Waals surface area contributed by atoms with Gasteiger partial charge in [-0.3, -0.25) is 4.98 Å². The third-order valence-electron chi connectivity index (χ3n) is 2.87. The Balaban J connectivity index is 2.04. The van der Waals surface area contributed by atoms with E-state index in [1.807, 2.05) is 24.4 Å². The van der Waals surface area contributed by atoms with Gasteiger partial charge in [-0.1, -0.05) is 12.2 Å². The number of thiocarbonyl (C=S) groups is 1. The first-order valence-corrected chi connectivity index (χ1v) is 5.97. The molecule has 1 aliphatic carbocycles. The third-order valence-corrected chi connectivity index (χ3v) is 3.07. The highest BCUT2D eigenvalue weighted by molar-refractivity contribution is 7.80. The minimum atomic E-state index is 0.295. The molecule has 5 heteroatoms. The summed E-state index contributed by atoms with van der Waals surface area (Å²) in [6.07, 6.45) is 6.11. The highest BCUT2D eigenvalue weighted by atomic mass is 32.1. The van der Waals surface area contributed by atoms with Crippen LogP contribution >= 0.6 is 12.2 Å². The van der Waals surface area contributed by atoms with Crippen LogP contribution in [0.15, 0.2) is 30.6 Å². The fourth-order valence-corrected chi connectivity index (χ4v) is 2.00. The number of nitrogens with zero attached hydrogens (tertiary/aromatic N) is 3. The molecule has 0 aliphatic heterocycles. The topological polar surface area (TPSA) is 56.7 Å². The molecule has 0 aromatic carbocycles. The molecule has 1 fully saturated rings. The molecule has 0 atom stereocenters. The van der Waals surface area contributed by atoms with Crippen molar-refractivity contribution in [3.8, 4) is 5.69 Å². The van der Waals surface area contributed by atoms with E-state index in [0.717, 1.165) is 11.4 Å². The monoisotopic (exact) mass is 244 g/mol. The van der Waals surface area contributed by atoms with Crippen molar-refractivity contribution in [1.29, 1.82) is 0 Å². The van der Waals surface area contributed by atoms with Gasteiger partial charge in [0.2, 0.25) is 0 Å². The van der Waals surface area contributed by atoms with E-state index in [0.29, 0.717) is 16.6 Å². The molecule has 2 aromatic heterocycles. The van der Waals surface area contributed by atoms with E-state index in [4.69, 9.17) is 18.0 Å². The number of rotatable bonds is 3. The van der Waals surface area contributed by atoms with Gasteiger partial charge in [-0.05, 0) is 31.0 Å². The van der Waals surface area contributed by atoms with Crippen LogP contribution in [-0.4, -0.2) is 19.8 Å². The Bertz CT molecular complexity index is 571. The molecule has 4 nitrogen and oxygen atoms in total. The molecule has 0 bridgehead atoms. The highest BCUT2D eigenvalue weighted by Gasteiger charge is 2.26. The molecular weight excluding hydrogens is 232 g/mol. The molecule has 2 N–H and O–H groups in total. The third kappa shape index (κ3) is 1.93. The van der Waals surface area contributed by atoms with Gasteiger partial charge in [0, 0.05) is 18.3 Å². The van der Waals surface area contributed by atoms with E-state index in [-0.39, 0.29) is 0 Å². The van der Waals surface area contributed by atoms with E-state index in [1.165, 1.54) is 12.8 Å². The van der Waals surface area contributed by atoms with Crippen molar-refractivity contribution in [2.24, 2.45) is 5.73 Å². The first-order chi connectivity index (χ1) is 8.25.